The molecule has 0 fully saturated rings. The van der Waals surface area contributed by atoms with E-state index in [0.717, 1.165) is 106 Å². The topological polar surface area (TPSA) is 57.4 Å². The van der Waals surface area contributed by atoms with Crippen molar-refractivity contribution >= 4 is 43.6 Å². The number of fused-ring (bicyclic) bond motifs is 6. The molecule has 10 aromatic carbocycles. The van der Waals surface area contributed by atoms with Crippen LogP contribution in [0.1, 0.15) is 61.2 Å². The van der Waals surface area contributed by atoms with Crippen LogP contribution in [-0.4, -0.2) is 9.13 Å². The molecule has 2 heterocycles. The van der Waals surface area contributed by atoms with Gasteiger partial charge in [-0.3, -0.25) is 0 Å². The van der Waals surface area contributed by atoms with Gasteiger partial charge in [-0.2, -0.15) is 129 Å². The second kappa shape index (κ2) is 23.8. The lowest BCUT2D eigenvalue weighted by Gasteiger charge is -2.23. The summed E-state index contributed by atoms with van der Waals surface area (Å²) in [5, 5.41) is 19.4. The Bertz CT molecular complexity index is 4840. The third-order valence-electron chi connectivity index (χ3n) is 16.6. The second-order valence-electron chi connectivity index (χ2n) is 23.1. The number of halogens is 27. The van der Waals surface area contributed by atoms with Crippen LogP contribution < -0.4 is 0 Å². The van der Waals surface area contributed by atoms with Crippen LogP contribution in [0.3, 0.4) is 0 Å². The molecule has 0 aliphatic rings. The van der Waals surface area contributed by atoms with Crippen molar-refractivity contribution in [1.82, 2.24) is 9.13 Å². The lowest BCUT2D eigenvalue weighted by molar-refractivity contribution is -0.144. The molecule has 0 bridgehead atoms. The molecule has 0 radical (unpaired) electrons. The number of alkyl halides is 27. The molecule has 0 N–H and O–H groups in total. The first-order chi connectivity index (χ1) is 47.1. The highest BCUT2D eigenvalue weighted by Crippen LogP contribution is 2.51. The SMILES string of the molecule is N#Cc1cc(-n2c3ccc(-c4cc(C(F)(F)F)cc(C(F)(F)F)c4)cc3c3cc(-c4cc(C(F)(F)F)cc(C(F)(F)F)c4)ccc32)c(-c2ccc(C#N)cc2C(F)(F)F)c(-n2c3ccc(-c4cc(C(F)(F)F)cc(C(F)(F)F)c4)cc3c3cc(-c4cc(C(F)(F)F)cc(C(F)(F)F)c4)ccc32)c1. The van der Waals surface area contributed by atoms with Crippen molar-refractivity contribution in [2.45, 2.75) is 55.6 Å². The highest BCUT2D eigenvalue weighted by molar-refractivity contribution is 6.14. The standard InChI is InChI=1S/C71H29F27N4/c72-63(73,74)42-14-38(15-43(26-42)64(75,76)77)34-2-7-56-51(22-34)52-23-35(39-16-44(65(78,79)80)27-45(17-39)66(81,82)83)3-8-57(52)101(56)60-12-33(31-100)13-61(62(60)50-6-1-32(30-99)11-55(50)71(96,97)98)102-58-9-4-36(40-18-46(67(84,85)86)28-47(19-40)68(87,88)89)24-53(58)54-25-37(5-10-59(54)102)41-20-48(69(90,91)92)29-49(21-41)70(93,94)95/h1-29H. The molecule has 0 aliphatic carbocycles. The third-order valence-corrected chi connectivity index (χ3v) is 16.6. The van der Waals surface area contributed by atoms with E-state index in [2.05, 4.69) is 0 Å². The summed E-state index contributed by atoms with van der Waals surface area (Å²) in [5.74, 6) is 0. The normalized spacial score (nSPS) is 13.2. The third kappa shape index (κ3) is 13.2. The van der Waals surface area contributed by atoms with Crippen molar-refractivity contribution in [1.29, 1.82) is 10.5 Å². The first kappa shape index (κ1) is 70.7. The van der Waals surface area contributed by atoms with E-state index >= 15 is 13.2 Å². The Morgan fingerprint density at radius 2 is 0.461 bits per heavy atom. The maximum atomic E-state index is 16.1. The fourth-order valence-corrected chi connectivity index (χ4v) is 12.1. The monoisotopic (exact) mass is 1450 g/mol. The molecule has 4 nitrogen and oxygen atoms in total. The van der Waals surface area contributed by atoms with E-state index in [0.29, 0.717) is 6.07 Å². The van der Waals surface area contributed by atoms with Gasteiger partial charge >= 0.3 is 55.6 Å². The van der Waals surface area contributed by atoms with Crippen molar-refractivity contribution < 1.29 is 119 Å². The molecule has 12 aromatic rings. The number of benzene rings is 10. The second-order valence-corrected chi connectivity index (χ2v) is 23.1. The van der Waals surface area contributed by atoms with Gasteiger partial charge in [0.25, 0.3) is 0 Å². The molecule has 0 atom stereocenters. The summed E-state index contributed by atoms with van der Waals surface area (Å²) in [6, 6.07) is 19.5. The predicted octanol–water partition coefficient (Wildman–Crippen LogP) is 25.1. The summed E-state index contributed by atoms with van der Waals surface area (Å²) in [6.07, 6.45) is -49.4. The Morgan fingerprint density at radius 3 is 0.667 bits per heavy atom. The van der Waals surface area contributed by atoms with Gasteiger partial charge in [0.15, 0.2) is 0 Å². The minimum atomic E-state index is -5.57. The zero-order valence-electron chi connectivity index (χ0n) is 49.7. The smallest absolute Gasteiger partial charge is 0.308 e. The molecule has 31 heteroatoms. The Labute approximate surface area is 552 Å². The molecule has 0 aliphatic heterocycles. The van der Waals surface area contributed by atoms with Gasteiger partial charge in [-0.1, -0.05) is 30.3 Å². The molecular weight excluding hydrogens is 1420 g/mol. The number of nitriles is 2. The van der Waals surface area contributed by atoms with Crippen LogP contribution in [-0.2, 0) is 55.6 Å². The number of rotatable bonds is 7. The highest BCUT2D eigenvalue weighted by Gasteiger charge is 2.43. The van der Waals surface area contributed by atoms with Crippen LogP contribution in [0, 0.1) is 22.7 Å². The molecule has 102 heavy (non-hydrogen) atoms. The van der Waals surface area contributed by atoms with E-state index in [1.807, 2.05) is 0 Å². The zero-order valence-corrected chi connectivity index (χ0v) is 49.7. The molecule has 0 amide bonds. The number of nitrogens with zero attached hydrogens (tertiary/aromatic N) is 4. The van der Waals surface area contributed by atoms with Crippen molar-refractivity contribution in [3.63, 3.8) is 0 Å². The molecule has 0 saturated heterocycles. The minimum Gasteiger partial charge on any atom is -0.308 e. The van der Waals surface area contributed by atoms with Gasteiger partial charge in [-0.05, 0) is 196 Å². The van der Waals surface area contributed by atoms with Crippen molar-refractivity contribution in [2.75, 3.05) is 0 Å². The van der Waals surface area contributed by atoms with Gasteiger partial charge in [-0.25, -0.2) is 0 Å². The summed E-state index contributed by atoms with van der Waals surface area (Å²) in [4.78, 5) is 0. The molecule has 0 spiro atoms. The molecule has 0 unspecified atom stereocenters. The zero-order chi connectivity index (χ0) is 74.5. The Hall–Kier alpha value is -11.1. The fourth-order valence-electron chi connectivity index (χ4n) is 12.1. The van der Waals surface area contributed by atoms with E-state index < -0.39 is 205 Å². The molecule has 2 aromatic heterocycles. The van der Waals surface area contributed by atoms with Gasteiger partial charge < -0.3 is 9.13 Å². The van der Waals surface area contributed by atoms with E-state index in [4.69, 9.17) is 0 Å². The summed E-state index contributed by atoms with van der Waals surface area (Å²) in [6.45, 7) is 0. The lowest BCUT2D eigenvalue weighted by Crippen LogP contribution is -2.11. The molecule has 522 valence electrons. The average molecular weight is 1450 g/mol. The van der Waals surface area contributed by atoms with Crippen LogP contribution >= 0.6 is 0 Å². The van der Waals surface area contributed by atoms with Gasteiger partial charge in [0.05, 0.1) is 107 Å². The largest absolute Gasteiger partial charge is 0.417 e. The Balaban J connectivity index is 1.25. The van der Waals surface area contributed by atoms with Gasteiger partial charge in [-0.15, -0.1) is 0 Å². The first-order valence-corrected chi connectivity index (χ1v) is 28.7. The van der Waals surface area contributed by atoms with Crippen molar-refractivity contribution in [2.24, 2.45) is 0 Å². The van der Waals surface area contributed by atoms with E-state index in [-0.39, 0.29) is 94.9 Å². The maximum Gasteiger partial charge on any atom is 0.417 e. The maximum absolute atomic E-state index is 16.1. The number of aromatic nitrogens is 2. The summed E-state index contributed by atoms with van der Waals surface area (Å²) < 4.78 is 396. The van der Waals surface area contributed by atoms with Crippen LogP contribution in [0.15, 0.2) is 176 Å². The van der Waals surface area contributed by atoms with E-state index in [9.17, 15) is 116 Å². The summed E-state index contributed by atoms with van der Waals surface area (Å²) in [5.41, 5.74) is -27.8. The van der Waals surface area contributed by atoms with Crippen LogP contribution in [0.25, 0.3) is 111 Å². The van der Waals surface area contributed by atoms with Gasteiger partial charge in [0.1, 0.15) is 0 Å². The first-order valence-electron chi connectivity index (χ1n) is 28.7. The summed E-state index contributed by atoms with van der Waals surface area (Å²) in [7, 11) is 0. The Morgan fingerprint density at radius 1 is 0.225 bits per heavy atom. The van der Waals surface area contributed by atoms with Crippen LogP contribution in [0.2, 0.25) is 0 Å². The fraction of sp³-hybridized carbons (Fsp3) is 0.127. The quantitative estimate of drug-likeness (QED) is 0.149. The lowest BCUT2D eigenvalue weighted by atomic mass is 9.92. The van der Waals surface area contributed by atoms with Gasteiger partial charge in [0, 0.05) is 27.1 Å². The molecule has 0 saturated carbocycles. The average Bonchev–Trinajstić information content (AvgIpc) is 1.54. The molecule has 12 rings (SSSR count). The Kier molecular flexibility index (Phi) is 16.5. The van der Waals surface area contributed by atoms with E-state index in [1.54, 1.807) is 6.07 Å². The van der Waals surface area contributed by atoms with Crippen LogP contribution in [0.5, 0.6) is 0 Å². The number of hydrogen-bond acceptors (Lipinski definition) is 2. The van der Waals surface area contributed by atoms with E-state index in [1.165, 1.54) is 6.07 Å². The van der Waals surface area contributed by atoms with Crippen molar-refractivity contribution in [3.8, 4) is 79.1 Å². The highest BCUT2D eigenvalue weighted by atomic mass is 19.4. The molecular formula is C71H29F27N4. The minimum absolute atomic E-state index is 0.230. The van der Waals surface area contributed by atoms with Crippen molar-refractivity contribution in [3.05, 3.63) is 237 Å². The predicted molar refractivity (Wildman–Crippen MR) is 317 cm³/mol. The number of hydrogen-bond donors (Lipinski definition) is 0. The van der Waals surface area contributed by atoms with Crippen LogP contribution in [0.4, 0.5) is 119 Å². The summed E-state index contributed by atoms with van der Waals surface area (Å²) >= 11 is 0. The van der Waals surface area contributed by atoms with Gasteiger partial charge in [0.2, 0.25) is 0 Å².